The molecule has 1 saturated heterocycles. The van der Waals surface area contributed by atoms with E-state index in [0.717, 1.165) is 38.6 Å². The second kappa shape index (κ2) is 12.4. The number of methoxy groups -OCH3 is 1. The number of ether oxygens (including phenoxy) is 1. The highest BCUT2D eigenvalue weighted by Crippen LogP contribution is 2.21. The standard InChI is InChI=1S/C17H25FN4O.C5H6OS/c1-21-8-5-15(6-9-21)22(2)17(19)4-7-20-14-10-13(18)11-16(12-14)23-3;6-4-5-2-1-3-7-5/h4,7,10-12,15,19-20H,5-6,8-9H2,1-3H3;1,3-5H,2H2/b7-4-,19-17?;. The van der Waals surface area contributed by atoms with Gasteiger partial charge in [-0.25, -0.2) is 4.39 Å². The van der Waals surface area contributed by atoms with Crippen molar-refractivity contribution in [2.75, 3.05) is 39.6 Å². The van der Waals surface area contributed by atoms with Gasteiger partial charge < -0.3 is 24.6 Å². The zero-order chi connectivity index (χ0) is 21.9. The molecule has 0 amide bonds. The summed E-state index contributed by atoms with van der Waals surface area (Å²) in [5, 5.41) is 13.3. The van der Waals surface area contributed by atoms with Gasteiger partial charge in [0.2, 0.25) is 0 Å². The van der Waals surface area contributed by atoms with Gasteiger partial charge in [-0.05, 0) is 57.0 Å². The van der Waals surface area contributed by atoms with E-state index in [1.54, 1.807) is 30.1 Å². The fourth-order valence-electron chi connectivity index (χ4n) is 3.17. The van der Waals surface area contributed by atoms with Gasteiger partial charge in [-0.2, -0.15) is 0 Å². The number of anilines is 1. The number of benzene rings is 1. The fraction of sp³-hybridized carbons (Fsp3) is 0.455. The summed E-state index contributed by atoms with van der Waals surface area (Å²) >= 11 is 1.59. The number of hydrogen-bond acceptors (Lipinski definition) is 6. The summed E-state index contributed by atoms with van der Waals surface area (Å²) in [7, 11) is 5.58. The Bertz CT molecular complexity index is 756. The van der Waals surface area contributed by atoms with Crippen molar-refractivity contribution in [3.63, 3.8) is 0 Å². The largest absolute Gasteiger partial charge is 0.497 e. The number of hydrogen-bond donors (Lipinski definition) is 2. The molecule has 0 aliphatic carbocycles. The minimum Gasteiger partial charge on any atom is -0.497 e. The maximum Gasteiger partial charge on any atom is 0.133 e. The molecule has 2 N–H and O–H groups in total. The fourth-order valence-corrected chi connectivity index (χ4v) is 3.88. The second-order valence-corrected chi connectivity index (χ2v) is 8.46. The highest BCUT2D eigenvalue weighted by Gasteiger charge is 2.21. The molecule has 30 heavy (non-hydrogen) atoms. The number of halogens is 1. The molecular formula is C22H31FN4O2S. The van der Waals surface area contributed by atoms with Gasteiger partial charge in [0, 0.05) is 37.1 Å². The first-order chi connectivity index (χ1) is 14.4. The Kier molecular flexibility index (Phi) is 9.89. The van der Waals surface area contributed by atoms with Crippen LogP contribution in [-0.4, -0.2) is 67.5 Å². The van der Waals surface area contributed by atoms with Crippen LogP contribution in [-0.2, 0) is 4.79 Å². The van der Waals surface area contributed by atoms with Crippen molar-refractivity contribution in [2.24, 2.45) is 0 Å². The average Bonchev–Trinajstić information content (AvgIpc) is 3.28. The summed E-state index contributed by atoms with van der Waals surface area (Å²) in [6.07, 6.45) is 9.41. The molecular weight excluding hydrogens is 403 g/mol. The monoisotopic (exact) mass is 434 g/mol. The Morgan fingerprint density at radius 3 is 2.67 bits per heavy atom. The highest BCUT2D eigenvalue weighted by molar-refractivity contribution is 8.03. The molecule has 1 unspecified atom stereocenters. The Hall–Kier alpha value is -2.32. The molecule has 2 aliphatic rings. The zero-order valence-corrected chi connectivity index (χ0v) is 18.6. The molecule has 164 valence electrons. The molecule has 1 aromatic rings. The maximum absolute atomic E-state index is 13.4. The molecule has 0 aromatic heterocycles. The van der Waals surface area contributed by atoms with Crippen LogP contribution in [0.4, 0.5) is 10.1 Å². The lowest BCUT2D eigenvalue weighted by atomic mass is 10.0. The molecule has 1 aromatic carbocycles. The first-order valence-electron chi connectivity index (χ1n) is 9.96. The van der Waals surface area contributed by atoms with Crippen molar-refractivity contribution < 1.29 is 13.9 Å². The summed E-state index contributed by atoms with van der Waals surface area (Å²) in [4.78, 5) is 14.3. The molecule has 3 rings (SSSR count). The van der Waals surface area contributed by atoms with Crippen LogP contribution in [0.1, 0.15) is 19.3 Å². The molecule has 2 aliphatic heterocycles. The minimum absolute atomic E-state index is 0.222. The van der Waals surface area contributed by atoms with Crippen LogP contribution in [0.25, 0.3) is 0 Å². The number of carbonyl (C=O) groups excluding carboxylic acids is 1. The maximum atomic E-state index is 13.4. The van der Waals surface area contributed by atoms with E-state index in [9.17, 15) is 9.18 Å². The Morgan fingerprint density at radius 2 is 2.10 bits per heavy atom. The van der Waals surface area contributed by atoms with Crippen LogP contribution in [0.15, 0.2) is 42.0 Å². The van der Waals surface area contributed by atoms with Crippen LogP contribution >= 0.6 is 11.8 Å². The van der Waals surface area contributed by atoms with Crippen molar-refractivity contribution in [3.05, 3.63) is 47.8 Å². The van der Waals surface area contributed by atoms with Crippen molar-refractivity contribution >= 4 is 29.6 Å². The van der Waals surface area contributed by atoms with Gasteiger partial charge in [-0.15, -0.1) is 11.8 Å². The molecule has 0 spiro atoms. The predicted octanol–water partition coefficient (Wildman–Crippen LogP) is 3.97. The summed E-state index contributed by atoms with van der Waals surface area (Å²) in [5.41, 5.74) is 0.591. The third-order valence-corrected chi connectivity index (χ3v) is 6.09. The van der Waals surface area contributed by atoms with Crippen molar-refractivity contribution in [1.82, 2.24) is 9.80 Å². The minimum atomic E-state index is -0.362. The molecule has 1 atom stereocenters. The zero-order valence-electron chi connectivity index (χ0n) is 17.8. The molecule has 0 bridgehead atoms. The summed E-state index contributed by atoms with van der Waals surface area (Å²) in [6, 6.07) is 4.82. The van der Waals surface area contributed by atoms with E-state index in [2.05, 4.69) is 17.3 Å². The van der Waals surface area contributed by atoms with E-state index in [0.29, 0.717) is 23.3 Å². The van der Waals surface area contributed by atoms with Crippen LogP contribution in [0, 0.1) is 11.2 Å². The van der Waals surface area contributed by atoms with Crippen LogP contribution in [0.3, 0.4) is 0 Å². The average molecular weight is 435 g/mol. The predicted molar refractivity (Wildman–Crippen MR) is 123 cm³/mol. The van der Waals surface area contributed by atoms with Gasteiger partial charge in [0.1, 0.15) is 23.7 Å². The number of rotatable bonds is 6. The Morgan fingerprint density at radius 1 is 1.37 bits per heavy atom. The van der Waals surface area contributed by atoms with E-state index in [4.69, 9.17) is 10.1 Å². The van der Waals surface area contributed by atoms with Gasteiger partial charge in [0.05, 0.1) is 12.4 Å². The lowest BCUT2D eigenvalue weighted by Gasteiger charge is -2.35. The lowest BCUT2D eigenvalue weighted by Crippen LogP contribution is -2.43. The number of carbonyl (C=O) groups is 1. The first-order valence-corrected chi connectivity index (χ1v) is 10.9. The van der Waals surface area contributed by atoms with Gasteiger partial charge >= 0.3 is 0 Å². The first kappa shape index (κ1) is 24.0. The van der Waals surface area contributed by atoms with E-state index in [1.807, 2.05) is 23.4 Å². The van der Waals surface area contributed by atoms with Crippen molar-refractivity contribution in [2.45, 2.75) is 30.6 Å². The Balaban J connectivity index is 0.000000386. The lowest BCUT2D eigenvalue weighted by molar-refractivity contribution is -0.107. The van der Waals surface area contributed by atoms with Gasteiger partial charge in [-0.3, -0.25) is 5.41 Å². The van der Waals surface area contributed by atoms with Crippen LogP contribution in [0.2, 0.25) is 0 Å². The molecule has 6 nitrogen and oxygen atoms in total. The second-order valence-electron chi connectivity index (χ2n) is 7.31. The van der Waals surface area contributed by atoms with Gasteiger partial charge in [0.25, 0.3) is 0 Å². The summed E-state index contributed by atoms with van der Waals surface area (Å²) in [6.45, 7) is 2.13. The van der Waals surface area contributed by atoms with Gasteiger partial charge in [-0.1, -0.05) is 6.08 Å². The number of nitrogens with zero attached hydrogens (tertiary/aromatic N) is 2. The molecule has 0 saturated carbocycles. The number of amidine groups is 1. The normalized spacial score (nSPS) is 19.3. The van der Waals surface area contributed by atoms with Crippen LogP contribution in [0.5, 0.6) is 5.75 Å². The molecule has 1 fully saturated rings. The number of thioether (sulfide) groups is 1. The van der Waals surface area contributed by atoms with E-state index in [-0.39, 0.29) is 11.1 Å². The smallest absolute Gasteiger partial charge is 0.133 e. The molecule has 8 heteroatoms. The number of allylic oxidation sites excluding steroid dienone is 1. The quantitative estimate of drug-likeness (QED) is 0.401. The summed E-state index contributed by atoms with van der Waals surface area (Å²) < 4.78 is 18.4. The van der Waals surface area contributed by atoms with E-state index in [1.165, 1.54) is 19.2 Å². The van der Waals surface area contributed by atoms with Crippen molar-refractivity contribution in [1.29, 1.82) is 5.41 Å². The molecule has 2 heterocycles. The van der Waals surface area contributed by atoms with Crippen LogP contribution < -0.4 is 10.1 Å². The topological polar surface area (TPSA) is 68.7 Å². The Labute approximate surface area is 182 Å². The van der Waals surface area contributed by atoms with Crippen molar-refractivity contribution in [3.8, 4) is 5.75 Å². The van der Waals surface area contributed by atoms with Gasteiger partial charge in [0.15, 0.2) is 0 Å². The SMILES string of the molecule is COc1cc(F)cc(N/C=C\C(=N)N(C)C2CCN(C)CC2)c1.O=CC1CC=CS1. The third kappa shape index (κ3) is 7.84. The third-order valence-electron chi connectivity index (χ3n) is 5.08. The highest BCUT2D eigenvalue weighted by atomic mass is 32.2. The summed E-state index contributed by atoms with van der Waals surface area (Å²) in [5.74, 6) is 0.536. The van der Waals surface area contributed by atoms with E-state index < -0.39 is 0 Å². The molecule has 0 radical (unpaired) electrons. The number of likely N-dealkylation sites (tertiary alicyclic amines) is 1. The van der Waals surface area contributed by atoms with E-state index >= 15 is 0 Å². The number of likely N-dealkylation sites (N-methyl/N-ethyl adjacent to an activating group) is 1. The number of aldehydes is 1. The number of piperidine rings is 1. The number of nitrogens with one attached hydrogen (secondary N) is 2.